The Labute approximate surface area is 74.6 Å². The average molecular weight is 177 g/mol. The molecule has 1 aromatic carbocycles. The van der Waals surface area contributed by atoms with E-state index in [4.69, 9.17) is 0 Å². The third kappa shape index (κ3) is 1.56. The van der Waals surface area contributed by atoms with Gasteiger partial charge in [-0.15, -0.1) is 0 Å². The topological polar surface area (TPSA) is 41.6 Å². The number of benzene rings is 1. The lowest BCUT2D eigenvalue weighted by Gasteiger charge is -1.93. The first kappa shape index (κ1) is 7.91. The van der Waals surface area contributed by atoms with Crippen LogP contribution in [0.1, 0.15) is 5.82 Å². The van der Waals surface area contributed by atoms with Crippen molar-refractivity contribution < 1.29 is 4.39 Å². The molecule has 1 heterocycles. The van der Waals surface area contributed by atoms with E-state index in [1.165, 1.54) is 12.1 Å². The summed E-state index contributed by atoms with van der Waals surface area (Å²) in [5.74, 6) is 0.969. The molecule has 0 radical (unpaired) electrons. The molecule has 3 nitrogen and oxygen atoms in total. The number of aryl methyl sites for hydroxylation is 1. The molecule has 1 aromatic heterocycles. The van der Waals surface area contributed by atoms with Crippen molar-refractivity contribution in [2.24, 2.45) is 0 Å². The van der Waals surface area contributed by atoms with E-state index in [9.17, 15) is 4.39 Å². The molecule has 0 atom stereocenters. The van der Waals surface area contributed by atoms with Gasteiger partial charge in [0.1, 0.15) is 11.6 Å². The van der Waals surface area contributed by atoms with Crippen LogP contribution >= 0.6 is 0 Å². The Kier molecular flexibility index (Phi) is 1.81. The van der Waals surface area contributed by atoms with Crippen molar-refractivity contribution in [1.82, 2.24) is 15.2 Å². The zero-order chi connectivity index (χ0) is 9.26. The first-order chi connectivity index (χ1) is 6.25. The summed E-state index contributed by atoms with van der Waals surface area (Å²) in [6.45, 7) is 1.80. The molecule has 0 fully saturated rings. The van der Waals surface area contributed by atoms with Crippen LogP contribution in [-0.4, -0.2) is 15.2 Å². The van der Waals surface area contributed by atoms with Crippen LogP contribution in [0.4, 0.5) is 4.39 Å². The van der Waals surface area contributed by atoms with Gasteiger partial charge >= 0.3 is 0 Å². The Morgan fingerprint density at radius 2 is 2.23 bits per heavy atom. The van der Waals surface area contributed by atoms with Crippen LogP contribution in [0.25, 0.3) is 11.4 Å². The number of nitrogens with zero attached hydrogens (tertiary/aromatic N) is 2. The summed E-state index contributed by atoms with van der Waals surface area (Å²) in [4.78, 5) is 4.09. The van der Waals surface area contributed by atoms with Crippen LogP contribution in [-0.2, 0) is 0 Å². The quantitative estimate of drug-likeness (QED) is 0.723. The van der Waals surface area contributed by atoms with Gasteiger partial charge in [-0.25, -0.2) is 9.37 Å². The molecule has 66 valence electrons. The minimum Gasteiger partial charge on any atom is -0.263 e. The van der Waals surface area contributed by atoms with Crippen LogP contribution in [0.5, 0.6) is 0 Å². The lowest BCUT2D eigenvalue weighted by atomic mass is 10.2. The normalized spacial score (nSPS) is 10.3. The Morgan fingerprint density at radius 1 is 1.38 bits per heavy atom. The molecule has 0 aliphatic rings. The minimum absolute atomic E-state index is 0.278. The number of hydrogen-bond acceptors (Lipinski definition) is 2. The van der Waals surface area contributed by atoms with Crippen molar-refractivity contribution in [2.45, 2.75) is 6.92 Å². The lowest BCUT2D eigenvalue weighted by molar-refractivity contribution is 0.628. The predicted octanol–water partition coefficient (Wildman–Crippen LogP) is 1.92. The van der Waals surface area contributed by atoms with Gasteiger partial charge in [0.2, 0.25) is 0 Å². The molecule has 0 saturated heterocycles. The summed E-state index contributed by atoms with van der Waals surface area (Å²) in [6, 6.07) is 6.20. The Bertz CT molecular complexity index is 422. The minimum atomic E-state index is -0.278. The van der Waals surface area contributed by atoms with E-state index in [1.54, 1.807) is 19.1 Å². The number of nitrogens with one attached hydrogen (secondary N) is 1. The summed E-state index contributed by atoms with van der Waals surface area (Å²) < 4.78 is 12.8. The predicted molar refractivity (Wildman–Crippen MR) is 46.5 cm³/mol. The fraction of sp³-hybridized carbons (Fsp3) is 0.111. The summed E-state index contributed by atoms with van der Waals surface area (Å²) in [7, 11) is 0. The average Bonchev–Trinajstić information content (AvgIpc) is 2.52. The summed E-state index contributed by atoms with van der Waals surface area (Å²) in [5, 5.41) is 6.63. The fourth-order valence-electron chi connectivity index (χ4n) is 1.10. The van der Waals surface area contributed by atoms with E-state index in [1.807, 2.05) is 0 Å². The molecular weight excluding hydrogens is 169 g/mol. The molecule has 0 spiro atoms. The summed E-state index contributed by atoms with van der Waals surface area (Å²) in [5.41, 5.74) is 0.685. The maximum Gasteiger partial charge on any atom is 0.181 e. The van der Waals surface area contributed by atoms with Gasteiger partial charge in [-0.2, -0.15) is 5.10 Å². The van der Waals surface area contributed by atoms with E-state index < -0.39 is 0 Å². The fourth-order valence-corrected chi connectivity index (χ4v) is 1.10. The van der Waals surface area contributed by atoms with Crippen molar-refractivity contribution in [1.29, 1.82) is 0 Å². The molecule has 0 aliphatic carbocycles. The van der Waals surface area contributed by atoms with Crippen LogP contribution < -0.4 is 0 Å². The molecule has 0 saturated carbocycles. The third-order valence-corrected chi connectivity index (χ3v) is 1.68. The number of aromatic amines is 1. The van der Waals surface area contributed by atoms with Gasteiger partial charge in [-0.1, -0.05) is 12.1 Å². The van der Waals surface area contributed by atoms with Crippen LogP contribution in [0.2, 0.25) is 0 Å². The Balaban J connectivity index is 2.46. The lowest BCUT2D eigenvalue weighted by Crippen LogP contribution is -1.81. The van der Waals surface area contributed by atoms with E-state index in [-0.39, 0.29) is 5.82 Å². The standard InChI is InChI=1S/C9H8FN3/c1-6-11-9(13-12-6)7-3-2-4-8(10)5-7/h2-5H,1H3,(H,11,12,13). The zero-order valence-corrected chi connectivity index (χ0v) is 7.08. The van der Waals surface area contributed by atoms with Gasteiger partial charge in [0, 0.05) is 5.56 Å². The third-order valence-electron chi connectivity index (χ3n) is 1.68. The van der Waals surface area contributed by atoms with Crippen LogP contribution in [0.15, 0.2) is 24.3 Å². The second-order valence-corrected chi connectivity index (χ2v) is 2.75. The summed E-state index contributed by atoms with van der Waals surface area (Å²) >= 11 is 0. The number of rotatable bonds is 1. The second kappa shape index (κ2) is 2.97. The van der Waals surface area contributed by atoms with Crippen LogP contribution in [0, 0.1) is 12.7 Å². The summed E-state index contributed by atoms with van der Waals surface area (Å²) in [6.07, 6.45) is 0. The van der Waals surface area contributed by atoms with E-state index >= 15 is 0 Å². The molecular formula is C9H8FN3. The van der Waals surface area contributed by atoms with Crippen molar-refractivity contribution in [2.75, 3.05) is 0 Å². The molecule has 0 amide bonds. The molecule has 0 unspecified atom stereocenters. The first-order valence-corrected chi connectivity index (χ1v) is 3.90. The smallest absolute Gasteiger partial charge is 0.181 e. The molecule has 2 rings (SSSR count). The Hall–Kier alpha value is -1.71. The van der Waals surface area contributed by atoms with Gasteiger partial charge in [0.05, 0.1) is 0 Å². The van der Waals surface area contributed by atoms with Gasteiger partial charge in [-0.05, 0) is 19.1 Å². The van der Waals surface area contributed by atoms with Gasteiger partial charge < -0.3 is 0 Å². The van der Waals surface area contributed by atoms with Gasteiger partial charge in [-0.3, -0.25) is 5.10 Å². The highest BCUT2D eigenvalue weighted by Crippen LogP contribution is 2.14. The van der Waals surface area contributed by atoms with Crippen molar-refractivity contribution in [3.8, 4) is 11.4 Å². The monoisotopic (exact) mass is 177 g/mol. The van der Waals surface area contributed by atoms with E-state index in [0.29, 0.717) is 11.4 Å². The molecule has 0 aliphatic heterocycles. The molecule has 13 heavy (non-hydrogen) atoms. The SMILES string of the molecule is Cc1nc(-c2cccc(F)c2)n[nH]1. The zero-order valence-electron chi connectivity index (χ0n) is 7.08. The highest BCUT2D eigenvalue weighted by Gasteiger charge is 2.03. The Morgan fingerprint density at radius 3 is 2.85 bits per heavy atom. The maximum absolute atomic E-state index is 12.8. The highest BCUT2D eigenvalue weighted by atomic mass is 19.1. The number of aromatic nitrogens is 3. The molecule has 4 heteroatoms. The van der Waals surface area contributed by atoms with Crippen molar-refractivity contribution >= 4 is 0 Å². The van der Waals surface area contributed by atoms with Crippen LogP contribution in [0.3, 0.4) is 0 Å². The molecule has 1 N–H and O–H groups in total. The van der Waals surface area contributed by atoms with Crippen molar-refractivity contribution in [3.05, 3.63) is 35.9 Å². The van der Waals surface area contributed by atoms with Crippen molar-refractivity contribution in [3.63, 3.8) is 0 Å². The maximum atomic E-state index is 12.8. The van der Waals surface area contributed by atoms with Gasteiger partial charge in [0.25, 0.3) is 0 Å². The molecule has 2 aromatic rings. The molecule has 0 bridgehead atoms. The van der Waals surface area contributed by atoms with Gasteiger partial charge in [0.15, 0.2) is 5.82 Å². The van der Waals surface area contributed by atoms with E-state index in [0.717, 1.165) is 5.82 Å². The number of hydrogen-bond donors (Lipinski definition) is 1. The second-order valence-electron chi connectivity index (χ2n) is 2.75. The largest absolute Gasteiger partial charge is 0.263 e. The highest BCUT2D eigenvalue weighted by molar-refractivity contribution is 5.54. The number of H-pyrrole nitrogens is 1. The number of halogens is 1. The first-order valence-electron chi connectivity index (χ1n) is 3.90. The van der Waals surface area contributed by atoms with E-state index in [2.05, 4.69) is 15.2 Å².